The third kappa shape index (κ3) is 4.25. The number of rotatable bonds is 7. The second kappa shape index (κ2) is 7.16. The van der Waals surface area contributed by atoms with E-state index in [1.807, 2.05) is 30.3 Å². The number of hydrogen-bond donors (Lipinski definition) is 2. The van der Waals surface area contributed by atoms with Gasteiger partial charge in [-0.3, -0.25) is 4.21 Å². The highest BCUT2D eigenvalue weighted by molar-refractivity contribution is 7.84. The van der Waals surface area contributed by atoms with E-state index >= 15 is 0 Å². The molecule has 1 heterocycles. The van der Waals surface area contributed by atoms with E-state index in [0.29, 0.717) is 6.54 Å². The van der Waals surface area contributed by atoms with Crippen LogP contribution in [0.2, 0.25) is 0 Å². The van der Waals surface area contributed by atoms with Crippen LogP contribution in [-0.4, -0.2) is 38.2 Å². The minimum absolute atomic E-state index is 0.664. The van der Waals surface area contributed by atoms with Crippen LogP contribution in [-0.2, 0) is 17.3 Å². The van der Waals surface area contributed by atoms with E-state index in [-0.39, 0.29) is 0 Å². The van der Waals surface area contributed by atoms with Crippen LogP contribution in [0.5, 0.6) is 0 Å². The summed E-state index contributed by atoms with van der Waals surface area (Å²) in [5.41, 5.74) is 2.85. The molecule has 1 unspecified atom stereocenters. The second-order valence-electron chi connectivity index (χ2n) is 4.29. The molecule has 0 bridgehead atoms. The largest absolute Gasteiger partial charge is 0.311 e. The van der Waals surface area contributed by atoms with Gasteiger partial charge >= 0.3 is 0 Å². The molecule has 0 radical (unpaired) electrons. The number of aromatic nitrogens is 3. The van der Waals surface area contributed by atoms with Crippen molar-refractivity contribution in [2.24, 2.45) is 0 Å². The number of benzene rings is 1. The molecule has 1 aromatic heterocycles. The SMILES string of the molecule is CS(=O)CCCNCc1n[nH]nc1-c1ccccc1. The first-order valence-electron chi connectivity index (χ1n) is 6.23. The van der Waals surface area contributed by atoms with Crippen molar-refractivity contribution >= 4 is 10.8 Å². The number of H-pyrrole nitrogens is 1. The molecule has 0 aliphatic heterocycles. The van der Waals surface area contributed by atoms with Crippen LogP contribution >= 0.6 is 0 Å². The highest BCUT2D eigenvalue weighted by atomic mass is 32.2. The lowest BCUT2D eigenvalue weighted by Crippen LogP contribution is -2.17. The lowest BCUT2D eigenvalue weighted by Gasteiger charge is -2.03. The molecule has 102 valence electrons. The van der Waals surface area contributed by atoms with Crippen molar-refractivity contribution in [1.82, 2.24) is 20.7 Å². The third-order valence-corrected chi connectivity index (χ3v) is 3.61. The lowest BCUT2D eigenvalue weighted by molar-refractivity contribution is 0.654. The average Bonchev–Trinajstić information content (AvgIpc) is 2.87. The molecule has 0 fully saturated rings. The van der Waals surface area contributed by atoms with Gasteiger partial charge in [-0.05, 0) is 13.0 Å². The summed E-state index contributed by atoms with van der Waals surface area (Å²) in [4.78, 5) is 0. The van der Waals surface area contributed by atoms with Crippen molar-refractivity contribution in [2.45, 2.75) is 13.0 Å². The van der Waals surface area contributed by atoms with Gasteiger partial charge in [-0.15, -0.1) is 0 Å². The fourth-order valence-electron chi connectivity index (χ4n) is 1.81. The molecule has 0 aliphatic rings. The molecule has 19 heavy (non-hydrogen) atoms. The van der Waals surface area contributed by atoms with Crippen LogP contribution < -0.4 is 5.32 Å². The Balaban J connectivity index is 1.88. The highest BCUT2D eigenvalue weighted by Gasteiger charge is 2.08. The smallest absolute Gasteiger partial charge is 0.117 e. The monoisotopic (exact) mass is 278 g/mol. The molecular weight excluding hydrogens is 260 g/mol. The molecule has 0 aliphatic carbocycles. The maximum atomic E-state index is 10.9. The second-order valence-corrected chi connectivity index (χ2v) is 5.85. The summed E-state index contributed by atoms with van der Waals surface area (Å²) >= 11 is 0. The molecule has 0 saturated carbocycles. The van der Waals surface area contributed by atoms with Crippen molar-refractivity contribution in [2.75, 3.05) is 18.6 Å². The topological polar surface area (TPSA) is 70.7 Å². The average molecular weight is 278 g/mol. The van der Waals surface area contributed by atoms with E-state index in [1.165, 1.54) is 0 Å². The predicted molar refractivity (Wildman–Crippen MR) is 77.1 cm³/mol. The lowest BCUT2D eigenvalue weighted by atomic mass is 10.1. The van der Waals surface area contributed by atoms with E-state index in [2.05, 4.69) is 20.7 Å². The first kappa shape index (κ1) is 13.9. The fraction of sp³-hybridized carbons (Fsp3) is 0.385. The molecule has 1 aromatic carbocycles. The zero-order valence-electron chi connectivity index (χ0n) is 10.9. The Labute approximate surface area is 115 Å². The summed E-state index contributed by atoms with van der Waals surface area (Å²) in [6.45, 7) is 1.50. The van der Waals surface area contributed by atoms with Gasteiger partial charge in [0.15, 0.2) is 0 Å². The van der Waals surface area contributed by atoms with E-state index in [1.54, 1.807) is 6.26 Å². The minimum Gasteiger partial charge on any atom is -0.311 e. The Hall–Kier alpha value is -1.53. The van der Waals surface area contributed by atoms with E-state index in [4.69, 9.17) is 0 Å². The van der Waals surface area contributed by atoms with E-state index in [9.17, 15) is 4.21 Å². The summed E-state index contributed by atoms with van der Waals surface area (Å²) in [7, 11) is -0.714. The van der Waals surface area contributed by atoms with Gasteiger partial charge in [-0.1, -0.05) is 30.3 Å². The van der Waals surface area contributed by atoms with Gasteiger partial charge < -0.3 is 5.32 Å². The van der Waals surface area contributed by atoms with Crippen molar-refractivity contribution in [1.29, 1.82) is 0 Å². The Morgan fingerprint density at radius 2 is 2.05 bits per heavy atom. The highest BCUT2D eigenvalue weighted by Crippen LogP contribution is 2.18. The summed E-state index contributed by atoms with van der Waals surface area (Å²) < 4.78 is 10.9. The molecule has 1 atom stereocenters. The summed E-state index contributed by atoms with van der Waals surface area (Å²) in [5, 5.41) is 14.3. The number of nitrogens with zero attached hydrogens (tertiary/aromatic N) is 2. The van der Waals surface area contributed by atoms with Crippen LogP contribution in [0.3, 0.4) is 0 Å². The van der Waals surface area contributed by atoms with Gasteiger partial charge in [-0.25, -0.2) is 0 Å². The van der Waals surface area contributed by atoms with Gasteiger partial charge in [0.05, 0.1) is 0 Å². The van der Waals surface area contributed by atoms with E-state index in [0.717, 1.165) is 35.7 Å². The van der Waals surface area contributed by atoms with Crippen LogP contribution in [0.4, 0.5) is 0 Å². The van der Waals surface area contributed by atoms with Crippen LogP contribution in [0, 0.1) is 0 Å². The first-order valence-corrected chi connectivity index (χ1v) is 7.96. The molecule has 2 N–H and O–H groups in total. The zero-order chi connectivity index (χ0) is 13.5. The Morgan fingerprint density at radius 3 is 2.79 bits per heavy atom. The quantitative estimate of drug-likeness (QED) is 0.750. The van der Waals surface area contributed by atoms with Gasteiger partial charge in [0, 0.05) is 34.9 Å². The van der Waals surface area contributed by atoms with Crippen molar-refractivity contribution in [3.05, 3.63) is 36.0 Å². The fourth-order valence-corrected chi connectivity index (χ4v) is 2.36. The van der Waals surface area contributed by atoms with Gasteiger partial charge in [0.25, 0.3) is 0 Å². The number of aromatic amines is 1. The normalized spacial score (nSPS) is 12.5. The summed E-state index contributed by atoms with van der Waals surface area (Å²) in [6, 6.07) is 9.98. The summed E-state index contributed by atoms with van der Waals surface area (Å²) in [6.07, 6.45) is 2.63. The molecule has 0 spiro atoms. The van der Waals surface area contributed by atoms with Crippen molar-refractivity contribution < 1.29 is 4.21 Å². The van der Waals surface area contributed by atoms with Crippen molar-refractivity contribution in [3.63, 3.8) is 0 Å². The Bertz CT molecular complexity index is 526. The minimum atomic E-state index is -0.714. The van der Waals surface area contributed by atoms with Crippen molar-refractivity contribution in [3.8, 4) is 11.3 Å². The van der Waals surface area contributed by atoms with Gasteiger partial charge in [0.1, 0.15) is 11.4 Å². The zero-order valence-corrected chi connectivity index (χ0v) is 11.7. The molecular formula is C13H18N4OS. The number of hydrogen-bond acceptors (Lipinski definition) is 4. The molecule has 2 aromatic rings. The standard InChI is InChI=1S/C13H18N4OS/c1-19(18)9-5-8-14-10-12-13(16-17-15-12)11-6-3-2-4-7-11/h2-4,6-7,14H,5,8-10H2,1H3,(H,15,16,17). The predicted octanol–water partition coefficient (Wildman–Crippen LogP) is 1.33. The number of nitrogens with one attached hydrogen (secondary N) is 2. The molecule has 0 saturated heterocycles. The Morgan fingerprint density at radius 1 is 1.26 bits per heavy atom. The summed E-state index contributed by atoms with van der Waals surface area (Å²) in [5.74, 6) is 0.733. The molecule has 0 amide bonds. The first-order chi connectivity index (χ1) is 9.27. The van der Waals surface area contributed by atoms with Crippen LogP contribution in [0.25, 0.3) is 11.3 Å². The maximum absolute atomic E-state index is 10.9. The van der Waals surface area contributed by atoms with Crippen LogP contribution in [0.15, 0.2) is 30.3 Å². The Kier molecular flexibility index (Phi) is 5.23. The van der Waals surface area contributed by atoms with Gasteiger partial charge in [0.2, 0.25) is 0 Å². The third-order valence-electron chi connectivity index (χ3n) is 2.75. The van der Waals surface area contributed by atoms with Gasteiger partial charge in [-0.2, -0.15) is 15.4 Å². The van der Waals surface area contributed by atoms with E-state index < -0.39 is 10.8 Å². The maximum Gasteiger partial charge on any atom is 0.117 e. The molecule has 6 heteroatoms. The molecule has 5 nitrogen and oxygen atoms in total. The van der Waals surface area contributed by atoms with Crippen LogP contribution in [0.1, 0.15) is 12.1 Å². The molecule has 2 rings (SSSR count).